The van der Waals surface area contributed by atoms with Gasteiger partial charge in [0.15, 0.2) is 0 Å². The Bertz CT molecular complexity index is 316. The normalized spacial score (nSPS) is 9.14. The number of hydrogen-bond donors (Lipinski definition) is 0. The summed E-state index contributed by atoms with van der Waals surface area (Å²) < 4.78 is 0. The first-order valence-electron chi connectivity index (χ1n) is 4.53. The largest absolute Gasteiger partial charge is 0.197 e. The second kappa shape index (κ2) is 5.51. The molecule has 0 amide bonds. The van der Waals surface area contributed by atoms with Gasteiger partial charge in [-0.3, -0.25) is 0 Å². The van der Waals surface area contributed by atoms with Gasteiger partial charge in [0.1, 0.15) is 0 Å². The van der Waals surface area contributed by atoms with Crippen molar-refractivity contribution in [2.75, 3.05) is 0 Å². The summed E-state index contributed by atoms with van der Waals surface area (Å²) in [5, 5.41) is 0. The number of hydrogen-bond acceptors (Lipinski definition) is 0. The number of rotatable bonds is 2. The third kappa shape index (κ3) is 2.93. The van der Waals surface area contributed by atoms with Gasteiger partial charge in [-0.25, -0.2) is 0 Å². The molecule has 0 nitrogen and oxygen atoms in total. The van der Waals surface area contributed by atoms with Gasteiger partial charge in [0.2, 0.25) is 0 Å². The highest BCUT2D eigenvalue weighted by Crippen LogP contribution is 2.07. The van der Waals surface area contributed by atoms with Crippen LogP contribution in [0.3, 0.4) is 0 Å². The van der Waals surface area contributed by atoms with Crippen LogP contribution in [0.4, 0.5) is 0 Å². The van der Waals surface area contributed by atoms with Crippen LogP contribution in [0.15, 0.2) is 60.7 Å². The molecule has 0 aliphatic rings. The van der Waals surface area contributed by atoms with Gasteiger partial charge >= 0.3 is 0 Å². The van der Waals surface area contributed by atoms with E-state index < -0.39 is 0 Å². The quantitative estimate of drug-likeness (QED) is 0.700. The zero-order valence-corrected chi connectivity index (χ0v) is 8.98. The second-order valence-electron chi connectivity index (χ2n) is 3.15. The van der Waals surface area contributed by atoms with Crippen LogP contribution in [0.2, 0.25) is 0 Å². The first-order chi connectivity index (χ1) is 6.45. The van der Waals surface area contributed by atoms with E-state index in [4.69, 9.17) is 0 Å². The topological polar surface area (TPSA) is 0 Å². The molecule has 0 saturated heterocycles. The molecule has 0 heterocycles. The van der Waals surface area contributed by atoms with Crippen molar-refractivity contribution in [1.82, 2.24) is 0 Å². The van der Waals surface area contributed by atoms with Gasteiger partial charge in [0.25, 0.3) is 0 Å². The van der Waals surface area contributed by atoms with Gasteiger partial charge in [-0.15, -0.1) is 0 Å². The van der Waals surface area contributed by atoms with Crippen LogP contribution in [-0.2, 0) is 6.42 Å². The lowest BCUT2D eigenvalue weighted by Crippen LogP contribution is -1.85. The molecule has 0 aliphatic heterocycles. The van der Waals surface area contributed by atoms with Gasteiger partial charge in [-0.2, -0.15) is 13.5 Å². The molecule has 2 aromatic carbocycles. The third-order valence-electron chi connectivity index (χ3n) is 2.09. The van der Waals surface area contributed by atoms with Gasteiger partial charge in [-0.1, -0.05) is 60.7 Å². The minimum absolute atomic E-state index is 0. The lowest BCUT2D eigenvalue weighted by atomic mass is 10.1. The van der Waals surface area contributed by atoms with Crippen molar-refractivity contribution in [3.05, 3.63) is 71.8 Å². The van der Waals surface area contributed by atoms with E-state index >= 15 is 0 Å². The van der Waals surface area contributed by atoms with Crippen molar-refractivity contribution in [3.8, 4) is 0 Å². The SMILES string of the molecule is S.c1ccc(Cc2ccccc2)cc1. The molecule has 0 saturated carbocycles. The van der Waals surface area contributed by atoms with Gasteiger partial charge < -0.3 is 0 Å². The first kappa shape index (κ1) is 10.9. The Labute approximate surface area is 92.0 Å². The molecule has 2 rings (SSSR count). The van der Waals surface area contributed by atoms with Crippen LogP contribution in [0.5, 0.6) is 0 Å². The van der Waals surface area contributed by atoms with E-state index in [9.17, 15) is 0 Å². The van der Waals surface area contributed by atoms with Crippen LogP contribution in [0.1, 0.15) is 11.1 Å². The van der Waals surface area contributed by atoms with Gasteiger partial charge in [0, 0.05) is 0 Å². The van der Waals surface area contributed by atoms with E-state index in [1.165, 1.54) is 11.1 Å². The van der Waals surface area contributed by atoms with Crippen LogP contribution < -0.4 is 0 Å². The van der Waals surface area contributed by atoms with Gasteiger partial charge in [0.05, 0.1) is 0 Å². The molecule has 0 aliphatic carbocycles. The molecule has 1 heteroatoms. The Balaban J connectivity index is 0.000000980. The molecule has 0 aromatic heterocycles. The Morgan fingerprint density at radius 2 is 0.929 bits per heavy atom. The summed E-state index contributed by atoms with van der Waals surface area (Å²) in [6, 6.07) is 21.1. The maximum absolute atomic E-state index is 2.16. The summed E-state index contributed by atoms with van der Waals surface area (Å²) in [7, 11) is 0. The van der Waals surface area contributed by atoms with E-state index in [2.05, 4.69) is 60.7 Å². The Hall–Kier alpha value is -1.21. The molecular formula is C13H14S. The van der Waals surface area contributed by atoms with Crippen molar-refractivity contribution >= 4 is 13.5 Å². The molecule has 2 aromatic rings. The minimum Gasteiger partial charge on any atom is -0.197 e. The predicted octanol–water partition coefficient (Wildman–Crippen LogP) is 3.39. The highest BCUT2D eigenvalue weighted by molar-refractivity contribution is 7.59. The van der Waals surface area contributed by atoms with Crippen LogP contribution in [0.25, 0.3) is 0 Å². The fourth-order valence-corrected chi connectivity index (χ4v) is 1.43. The van der Waals surface area contributed by atoms with E-state index in [0.29, 0.717) is 0 Å². The minimum atomic E-state index is 0. The molecule has 0 N–H and O–H groups in total. The zero-order valence-electron chi connectivity index (χ0n) is 7.98. The highest BCUT2D eigenvalue weighted by atomic mass is 32.1. The molecule has 0 bridgehead atoms. The standard InChI is InChI=1S/C13H12.H2S/c1-3-7-12(8-4-1)11-13-9-5-2-6-10-13;/h1-10H,11H2;1H2. The maximum Gasteiger partial charge on any atom is -0.00258 e. The van der Waals surface area contributed by atoms with E-state index in [-0.39, 0.29) is 13.5 Å². The lowest BCUT2D eigenvalue weighted by molar-refractivity contribution is 1.19. The van der Waals surface area contributed by atoms with Crippen molar-refractivity contribution in [3.63, 3.8) is 0 Å². The monoisotopic (exact) mass is 202 g/mol. The van der Waals surface area contributed by atoms with E-state index in [0.717, 1.165) is 6.42 Å². The molecule has 0 spiro atoms. The maximum atomic E-state index is 2.16. The fraction of sp³-hybridized carbons (Fsp3) is 0.0769. The second-order valence-corrected chi connectivity index (χ2v) is 3.15. The Kier molecular flexibility index (Phi) is 4.27. The van der Waals surface area contributed by atoms with Crippen LogP contribution in [-0.4, -0.2) is 0 Å². The molecule has 72 valence electrons. The average Bonchev–Trinajstić information content (AvgIpc) is 2.21. The molecule has 0 atom stereocenters. The molecule has 14 heavy (non-hydrogen) atoms. The summed E-state index contributed by atoms with van der Waals surface area (Å²) in [4.78, 5) is 0. The summed E-state index contributed by atoms with van der Waals surface area (Å²) in [5.74, 6) is 0. The molecule has 0 unspecified atom stereocenters. The van der Waals surface area contributed by atoms with Crippen molar-refractivity contribution < 1.29 is 0 Å². The highest BCUT2D eigenvalue weighted by Gasteiger charge is 1.92. The average molecular weight is 202 g/mol. The van der Waals surface area contributed by atoms with E-state index in [1.807, 2.05) is 0 Å². The predicted molar refractivity (Wildman–Crippen MR) is 66.1 cm³/mol. The van der Waals surface area contributed by atoms with Crippen molar-refractivity contribution in [2.45, 2.75) is 6.42 Å². The number of benzene rings is 2. The molecule has 0 fully saturated rings. The van der Waals surface area contributed by atoms with E-state index in [1.54, 1.807) is 0 Å². The fourth-order valence-electron chi connectivity index (χ4n) is 1.43. The third-order valence-corrected chi connectivity index (χ3v) is 2.09. The van der Waals surface area contributed by atoms with Gasteiger partial charge in [-0.05, 0) is 17.5 Å². The summed E-state index contributed by atoms with van der Waals surface area (Å²) in [6.45, 7) is 0. The van der Waals surface area contributed by atoms with Crippen LogP contribution >= 0.6 is 13.5 Å². The smallest absolute Gasteiger partial charge is 0.00258 e. The zero-order chi connectivity index (χ0) is 8.93. The van der Waals surface area contributed by atoms with Crippen molar-refractivity contribution in [1.29, 1.82) is 0 Å². The van der Waals surface area contributed by atoms with Crippen molar-refractivity contribution in [2.24, 2.45) is 0 Å². The lowest BCUT2D eigenvalue weighted by Gasteiger charge is -2.00. The first-order valence-corrected chi connectivity index (χ1v) is 4.53. The summed E-state index contributed by atoms with van der Waals surface area (Å²) in [5.41, 5.74) is 2.74. The summed E-state index contributed by atoms with van der Waals surface area (Å²) in [6.07, 6.45) is 1.03. The molecular weight excluding hydrogens is 188 g/mol. The Morgan fingerprint density at radius 1 is 0.571 bits per heavy atom. The van der Waals surface area contributed by atoms with Crippen LogP contribution in [0, 0.1) is 0 Å². The molecule has 0 radical (unpaired) electrons. The summed E-state index contributed by atoms with van der Waals surface area (Å²) >= 11 is 0. The Morgan fingerprint density at radius 3 is 1.29 bits per heavy atom.